The number of anilines is 2. The van der Waals surface area contributed by atoms with Gasteiger partial charge in [-0.05, 0) is 37.3 Å². The van der Waals surface area contributed by atoms with E-state index < -0.39 is 0 Å². The summed E-state index contributed by atoms with van der Waals surface area (Å²) in [7, 11) is 1.66. The molecule has 0 aliphatic carbocycles. The van der Waals surface area contributed by atoms with Crippen molar-refractivity contribution in [2.45, 2.75) is 6.92 Å². The smallest absolute Gasteiger partial charge is 0.164 e. The van der Waals surface area contributed by atoms with Gasteiger partial charge in [0.2, 0.25) is 0 Å². The second kappa shape index (κ2) is 6.49. The second-order valence-corrected chi connectivity index (χ2v) is 6.81. The topological polar surface area (TPSA) is 59.9 Å². The van der Waals surface area contributed by atoms with Crippen molar-refractivity contribution in [2.24, 2.45) is 0 Å². The van der Waals surface area contributed by atoms with Gasteiger partial charge in [-0.25, -0.2) is 9.97 Å². The zero-order chi connectivity index (χ0) is 17.2. The largest absolute Gasteiger partial charge is 0.497 e. The van der Waals surface area contributed by atoms with Gasteiger partial charge in [-0.3, -0.25) is 4.98 Å². The molecule has 4 rings (SSSR count). The Morgan fingerprint density at radius 3 is 2.80 bits per heavy atom. The first-order valence-electron chi connectivity index (χ1n) is 7.82. The van der Waals surface area contributed by atoms with E-state index in [0.29, 0.717) is 5.82 Å². The van der Waals surface area contributed by atoms with Crippen molar-refractivity contribution >= 4 is 33.1 Å². The molecular formula is C19H16N4OS. The number of pyridine rings is 1. The van der Waals surface area contributed by atoms with Crippen LogP contribution in [-0.4, -0.2) is 22.1 Å². The van der Waals surface area contributed by atoms with E-state index in [9.17, 15) is 0 Å². The molecule has 0 aliphatic heterocycles. The number of fused-ring (bicyclic) bond motifs is 1. The van der Waals surface area contributed by atoms with Gasteiger partial charge in [-0.15, -0.1) is 11.3 Å². The molecule has 0 spiro atoms. The highest BCUT2D eigenvalue weighted by molar-refractivity contribution is 7.18. The van der Waals surface area contributed by atoms with Crippen LogP contribution < -0.4 is 10.1 Å². The van der Waals surface area contributed by atoms with Crippen LogP contribution in [0.5, 0.6) is 5.75 Å². The number of hydrogen-bond acceptors (Lipinski definition) is 6. The van der Waals surface area contributed by atoms with Gasteiger partial charge in [-0.2, -0.15) is 0 Å². The fourth-order valence-electron chi connectivity index (χ4n) is 2.60. The molecule has 0 radical (unpaired) electrons. The molecule has 1 N–H and O–H groups in total. The highest BCUT2D eigenvalue weighted by atomic mass is 32.1. The predicted octanol–water partition coefficient (Wildman–Crippen LogP) is 4.81. The zero-order valence-corrected chi connectivity index (χ0v) is 14.7. The monoisotopic (exact) mass is 348 g/mol. The summed E-state index contributed by atoms with van der Waals surface area (Å²) in [6.45, 7) is 2.07. The first kappa shape index (κ1) is 15.5. The van der Waals surface area contributed by atoms with Gasteiger partial charge in [-0.1, -0.05) is 6.07 Å². The fourth-order valence-corrected chi connectivity index (χ4v) is 3.48. The lowest BCUT2D eigenvalue weighted by Crippen LogP contribution is -1.98. The van der Waals surface area contributed by atoms with Crippen LogP contribution >= 0.6 is 11.3 Å². The molecule has 3 heterocycles. The maximum absolute atomic E-state index is 5.30. The molecular weight excluding hydrogens is 332 g/mol. The van der Waals surface area contributed by atoms with Crippen LogP contribution in [-0.2, 0) is 0 Å². The number of aromatic nitrogens is 3. The van der Waals surface area contributed by atoms with Gasteiger partial charge in [0.25, 0.3) is 0 Å². The number of rotatable bonds is 4. The van der Waals surface area contributed by atoms with Crippen molar-refractivity contribution < 1.29 is 4.74 Å². The van der Waals surface area contributed by atoms with Gasteiger partial charge in [0.1, 0.15) is 16.4 Å². The van der Waals surface area contributed by atoms with Crippen LogP contribution in [0.25, 0.3) is 21.6 Å². The Bertz CT molecular complexity index is 1030. The third-order valence-corrected chi connectivity index (χ3v) is 4.71. The summed E-state index contributed by atoms with van der Waals surface area (Å²) in [5, 5.41) is 4.41. The lowest BCUT2D eigenvalue weighted by Gasteiger charge is -2.10. The first-order valence-corrected chi connectivity index (χ1v) is 8.64. The first-order chi connectivity index (χ1) is 12.2. The Balaban J connectivity index is 1.83. The summed E-state index contributed by atoms with van der Waals surface area (Å²) in [6, 6.07) is 13.7. The van der Waals surface area contributed by atoms with E-state index in [1.54, 1.807) is 30.8 Å². The fraction of sp³-hybridized carbons (Fsp3) is 0.105. The average Bonchev–Trinajstić information content (AvgIpc) is 3.03. The van der Waals surface area contributed by atoms with E-state index >= 15 is 0 Å². The minimum Gasteiger partial charge on any atom is -0.497 e. The third-order valence-electron chi connectivity index (χ3n) is 3.77. The summed E-state index contributed by atoms with van der Waals surface area (Å²) >= 11 is 1.66. The van der Waals surface area contributed by atoms with E-state index in [4.69, 9.17) is 14.7 Å². The summed E-state index contributed by atoms with van der Waals surface area (Å²) in [5.41, 5.74) is 1.81. The van der Waals surface area contributed by atoms with E-state index in [2.05, 4.69) is 23.3 Å². The maximum Gasteiger partial charge on any atom is 0.164 e. The summed E-state index contributed by atoms with van der Waals surface area (Å²) < 4.78 is 5.30. The minimum absolute atomic E-state index is 0.660. The van der Waals surface area contributed by atoms with Crippen molar-refractivity contribution in [3.8, 4) is 17.1 Å². The minimum atomic E-state index is 0.660. The number of hydrogen-bond donors (Lipinski definition) is 1. The summed E-state index contributed by atoms with van der Waals surface area (Å²) in [6.07, 6.45) is 3.52. The molecule has 0 saturated heterocycles. The van der Waals surface area contributed by atoms with Crippen LogP contribution in [0.15, 0.2) is 54.9 Å². The molecule has 0 atom stereocenters. The molecule has 1 aromatic carbocycles. The standard InChI is InChI=1S/C19H16N4OS/c1-12-9-16-18(21-14-6-3-7-15(10-14)24-2)22-17(23-19(16)25-12)13-5-4-8-20-11-13/h3-11H,1-2H3,(H,21,22,23). The Labute approximate surface area is 149 Å². The molecule has 0 saturated carbocycles. The molecule has 25 heavy (non-hydrogen) atoms. The second-order valence-electron chi connectivity index (χ2n) is 5.57. The average molecular weight is 348 g/mol. The summed E-state index contributed by atoms with van der Waals surface area (Å²) in [5.74, 6) is 2.23. The van der Waals surface area contributed by atoms with Crippen LogP contribution in [0.3, 0.4) is 0 Å². The number of aryl methyl sites for hydroxylation is 1. The molecule has 0 bridgehead atoms. The Hall–Kier alpha value is -2.99. The van der Waals surface area contributed by atoms with Crippen molar-refractivity contribution in [1.29, 1.82) is 0 Å². The van der Waals surface area contributed by atoms with Crippen molar-refractivity contribution in [2.75, 3.05) is 12.4 Å². The normalized spacial score (nSPS) is 10.8. The Kier molecular flexibility index (Phi) is 4.03. The van der Waals surface area contributed by atoms with Gasteiger partial charge in [0.15, 0.2) is 5.82 Å². The van der Waals surface area contributed by atoms with E-state index in [-0.39, 0.29) is 0 Å². The molecule has 124 valence electrons. The Morgan fingerprint density at radius 2 is 2.00 bits per heavy atom. The number of methoxy groups -OCH3 is 1. The van der Waals surface area contributed by atoms with Crippen LogP contribution in [0.4, 0.5) is 11.5 Å². The quantitative estimate of drug-likeness (QED) is 0.573. The van der Waals surface area contributed by atoms with Crippen molar-refractivity contribution in [1.82, 2.24) is 15.0 Å². The number of nitrogens with one attached hydrogen (secondary N) is 1. The number of ether oxygens (including phenoxy) is 1. The lowest BCUT2D eigenvalue weighted by molar-refractivity contribution is 0.415. The number of thiophene rings is 1. The van der Waals surface area contributed by atoms with Crippen LogP contribution in [0.1, 0.15) is 4.88 Å². The predicted molar refractivity (Wildman–Crippen MR) is 102 cm³/mol. The molecule has 0 aliphatic rings. The highest BCUT2D eigenvalue weighted by Gasteiger charge is 2.12. The molecule has 0 fully saturated rings. The summed E-state index contributed by atoms with van der Waals surface area (Å²) in [4.78, 5) is 15.8. The van der Waals surface area contributed by atoms with Crippen LogP contribution in [0.2, 0.25) is 0 Å². The maximum atomic E-state index is 5.30. The Morgan fingerprint density at radius 1 is 1.08 bits per heavy atom. The zero-order valence-electron chi connectivity index (χ0n) is 13.9. The van der Waals surface area contributed by atoms with Crippen LogP contribution in [0, 0.1) is 6.92 Å². The molecule has 5 nitrogen and oxygen atoms in total. The lowest BCUT2D eigenvalue weighted by atomic mass is 10.2. The molecule has 0 amide bonds. The number of benzene rings is 1. The highest BCUT2D eigenvalue weighted by Crippen LogP contribution is 2.32. The molecule has 0 unspecified atom stereocenters. The third kappa shape index (κ3) is 3.16. The van der Waals surface area contributed by atoms with E-state index in [1.165, 1.54) is 4.88 Å². The van der Waals surface area contributed by atoms with Gasteiger partial charge < -0.3 is 10.1 Å². The SMILES string of the molecule is COc1cccc(Nc2nc(-c3cccnc3)nc3sc(C)cc23)c1. The van der Waals surface area contributed by atoms with Crippen molar-refractivity contribution in [3.63, 3.8) is 0 Å². The van der Waals surface area contributed by atoms with Gasteiger partial charge in [0, 0.05) is 34.6 Å². The molecule has 3 aromatic heterocycles. The molecule has 4 aromatic rings. The van der Waals surface area contributed by atoms with Crippen molar-refractivity contribution in [3.05, 3.63) is 59.7 Å². The van der Waals surface area contributed by atoms with Gasteiger partial charge >= 0.3 is 0 Å². The van der Waals surface area contributed by atoms with E-state index in [1.807, 2.05) is 36.4 Å². The molecule has 6 heteroatoms. The number of nitrogens with zero attached hydrogens (tertiary/aromatic N) is 3. The van der Waals surface area contributed by atoms with Gasteiger partial charge in [0.05, 0.1) is 12.5 Å². The van der Waals surface area contributed by atoms with E-state index in [0.717, 1.165) is 33.0 Å².